The van der Waals surface area contributed by atoms with E-state index < -0.39 is 0 Å². The molecule has 4 heteroatoms. The summed E-state index contributed by atoms with van der Waals surface area (Å²) in [6, 6.07) is 6.90. The molecular weight excluding hydrogens is 267 g/mol. The van der Waals surface area contributed by atoms with Crippen molar-refractivity contribution in [2.75, 3.05) is 13.1 Å². The lowest BCUT2D eigenvalue weighted by atomic mass is 10.1. The predicted molar refractivity (Wildman–Crippen MR) is 78.4 cm³/mol. The molecule has 1 N–H and O–H groups in total. The zero-order valence-corrected chi connectivity index (χ0v) is 12.4. The first kappa shape index (κ1) is 14.1. The molecule has 100 valence electrons. The fraction of sp³-hybridized carbons (Fsp3) is 0.571. The number of nitrogens with one attached hydrogen (secondary N) is 1. The Bertz CT molecular complexity index is 409. The third-order valence-electron chi connectivity index (χ3n) is 3.59. The fourth-order valence-corrected chi connectivity index (χ4v) is 2.96. The van der Waals surface area contributed by atoms with E-state index in [0.717, 1.165) is 36.6 Å². The third-order valence-corrected chi connectivity index (χ3v) is 4.17. The van der Waals surface area contributed by atoms with Gasteiger partial charge in [0.05, 0.1) is 0 Å². The lowest BCUT2D eigenvalue weighted by molar-refractivity contribution is 0.124. The molecule has 1 aliphatic heterocycles. The summed E-state index contributed by atoms with van der Waals surface area (Å²) in [5.41, 5.74) is 1.16. The van der Waals surface area contributed by atoms with Gasteiger partial charge in [-0.25, -0.2) is 0 Å². The van der Waals surface area contributed by atoms with Crippen LogP contribution in [0.15, 0.2) is 18.2 Å². The summed E-state index contributed by atoms with van der Waals surface area (Å²) in [6.07, 6.45) is 1.16. The van der Waals surface area contributed by atoms with Crippen molar-refractivity contribution in [3.63, 3.8) is 0 Å². The first-order valence-corrected chi connectivity index (χ1v) is 7.27. The van der Waals surface area contributed by atoms with Gasteiger partial charge in [0.1, 0.15) is 0 Å². The van der Waals surface area contributed by atoms with Gasteiger partial charge in [-0.05, 0) is 31.0 Å². The quantitative estimate of drug-likeness (QED) is 0.914. The van der Waals surface area contributed by atoms with Crippen molar-refractivity contribution >= 4 is 23.2 Å². The van der Waals surface area contributed by atoms with Crippen LogP contribution in [0.4, 0.5) is 0 Å². The Morgan fingerprint density at radius 2 is 2.17 bits per heavy atom. The number of benzene rings is 1. The van der Waals surface area contributed by atoms with Gasteiger partial charge in [0.15, 0.2) is 0 Å². The second-order valence-electron chi connectivity index (χ2n) is 5.04. The molecule has 1 aliphatic rings. The first-order chi connectivity index (χ1) is 8.60. The Hall–Kier alpha value is -0.280. The van der Waals surface area contributed by atoms with Crippen molar-refractivity contribution in [1.82, 2.24) is 10.2 Å². The summed E-state index contributed by atoms with van der Waals surface area (Å²) in [5.74, 6) is 0. The van der Waals surface area contributed by atoms with Crippen LogP contribution in [-0.2, 0) is 6.54 Å². The summed E-state index contributed by atoms with van der Waals surface area (Å²) >= 11 is 12.2. The first-order valence-electron chi connectivity index (χ1n) is 6.51. The van der Waals surface area contributed by atoms with Crippen LogP contribution in [0.1, 0.15) is 25.8 Å². The average molecular weight is 287 g/mol. The third kappa shape index (κ3) is 3.39. The molecule has 0 bridgehead atoms. The summed E-state index contributed by atoms with van der Waals surface area (Å²) in [4.78, 5) is 2.51. The van der Waals surface area contributed by atoms with Crippen LogP contribution in [-0.4, -0.2) is 30.1 Å². The minimum absolute atomic E-state index is 0.541. The number of halogens is 2. The van der Waals surface area contributed by atoms with Gasteiger partial charge >= 0.3 is 0 Å². The summed E-state index contributed by atoms with van der Waals surface area (Å²) in [6.45, 7) is 7.49. The molecule has 2 rings (SSSR count). The predicted octanol–water partition coefficient (Wildman–Crippen LogP) is 3.57. The van der Waals surface area contributed by atoms with Crippen LogP contribution < -0.4 is 5.32 Å². The van der Waals surface area contributed by atoms with Crippen LogP contribution >= 0.6 is 23.2 Å². The van der Waals surface area contributed by atoms with E-state index in [1.807, 2.05) is 18.2 Å². The van der Waals surface area contributed by atoms with Gasteiger partial charge in [-0.3, -0.25) is 4.90 Å². The molecule has 18 heavy (non-hydrogen) atoms. The molecule has 0 aromatic heterocycles. The van der Waals surface area contributed by atoms with E-state index in [9.17, 15) is 0 Å². The zero-order valence-electron chi connectivity index (χ0n) is 10.9. The molecule has 0 amide bonds. The standard InChI is InChI=1S/C14H20Cl2N2/c1-3-13-7-17-10(2)8-18(13)9-11-4-5-12(15)6-14(11)16/h4-6,10,13,17H,3,7-9H2,1-2H3. The summed E-state index contributed by atoms with van der Waals surface area (Å²) < 4.78 is 0. The molecule has 0 saturated carbocycles. The molecular formula is C14H20Cl2N2. The number of hydrogen-bond acceptors (Lipinski definition) is 2. The van der Waals surface area contributed by atoms with Crippen molar-refractivity contribution in [3.8, 4) is 0 Å². The van der Waals surface area contributed by atoms with Crippen molar-refractivity contribution in [2.24, 2.45) is 0 Å². The molecule has 1 saturated heterocycles. The van der Waals surface area contributed by atoms with Crippen molar-refractivity contribution in [2.45, 2.75) is 38.9 Å². The highest BCUT2D eigenvalue weighted by molar-refractivity contribution is 6.35. The van der Waals surface area contributed by atoms with Crippen LogP contribution in [0.25, 0.3) is 0 Å². The molecule has 2 nitrogen and oxygen atoms in total. The van der Waals surface area contributed by atoms with Gasteiger partial charge in [0, 0.05) is 41.8 Å². The molecule has 1 fully saturated rings. The van der Waals surface area contributed by atoms with E-state index in [-0.39, 0.29) is 0 Å². The Balaban J connectivity index is 2.10. The molecule has 1 aromatic carbocycles. The van der Waals surface area contributed by atoms with Gasteiger partial charge in [-0.15, -0.1) is 0 Å². The smallest absolute Gasteiger partial charge is 0.0465 e. The maximum absolute atomic E-state index is 6.25. The Morgan fingerprint density at radius 3 is 2.83 bits per heavy atom. The molecule has 1 aromatic rings. The van der Waals surface area contributed by atoms with Crippen LogP contribution in [0, 0.1) is 0 Å². The molecule has 2 unspecified atom stereocenters. The van der Waals surface area contributed by atoms with E-state index in [4.69, 9.17) is 23.2 Å². The van der Waals surface area contributed by atoms with Gasteiger partial charge < -0.3 is 5.32 Å². The fourth-order valence-electron chi connectivity index (χ4n) is 2.50. The second-order valence-corrected chi connectivity index (χ2v) is 5.88. The van der Waals surface area contributed by atoms with Crippen LogP contribution in [0.2, 0.25) is 10.0 Å². The Kier molecular flexibility index (Phi) is 4.91. The van der Waals surface area contributed by atoms with E-state index >= 15 is 0 Å². The maximum atomic E-state index is 6.25. The number of piperazine rings is 1. The van der Waals surface area contributed by atoms with Gasteiger partial charge in [-0.1, -0.05) is 36.2 Å². The Labute approximate surface area is 119 Å². The maximum Gasteiger partial charge on any atom is 0.0465 e. The zero-order chi connectivity index (χ0) is 13.1. The SMILES string of the molecule is CCC1CNC(C)CN1Cc1ccc(Cl)cc1Cl. The van der Waals surface area contributed by atoms with Gasteiger partial charge in [0.2, 0.25) is 0 Å². The number of hydrogen-bond donors (Lipinski definition) is 1. The normalized spacial score (nSPS) is 25.3. The molecule has 0 radical (unpaired) electrons. The lowest BCUT2D eigenvalue weighted by Gasteiger charge is -2.39. The van der Waals surface area contributed by atoms with Crippen LogP contribution in [0.3, 0.4) is 0 Å². The van der Waals surface area contributed by atoms with Crippen molar-refractivity contribution in [3.05, 3.63) is 33.8 Å². The van der Waals surface area contributed by atoms with Crippen molar-refractivity contribution in [1.29, 1.82) is 0 Å². The summed E-state index contributed by atoms with van der Waals surface area (Å²) in [5, 5.41) is 4.99. The summed E-state index contributed by atoms with van der Waals surface area (Å²) in [7, 11) is 0. The largest absolute Gasteiger partial charge is 0.311 e. The van der Waals surface area contributed by atoms with E-state index in [2.05, 4.69) is 24.1 Å². The van der Waals surface area contributed by atoms with Gasteiger partial charge in [0.25, 0.3) is 0 Å². The molecule has 0 spiro atoms. The molecule has 1 heterocycles. The number of nitrogens with zero attached hydrogens (tertiary/aromatic N) is 1. The highest BCUT2D eigenvalue weighted by Crippen LogP contribution is 2.24. The minimum atomic E-state index is 0.541. The lowest BCUT2D eigenvalue weighted by Crippen LogP contribution is -2.54. The molecule has 2 atom stereocenters. The Morgan fingerprint density at radius 1 is 1.39 bits per heavy atom. The van der Waals surface area contributed by atoms with Gasteiger partial charge in [-0.2, -0.15) is 0 Å². The monoisotopic (exact) mass is 286 g/mol. The van der Waals surface area contributed by atoms with E-state index in [1.54, 1.807) is 0 Å². The van der Waals surface area contributed by atoms with Crippen molar-refractivity contribution < 1.29 is 0 Å². The molecule has 0 aliphatic carbocycles. The van der Waals surface area contributed by atoms with Crippen LogP contribution in [0.5, 0.6) is 0 Å². The highest BCUT2D eigenvalue weighted by atomic mass is 35.5. The van der Waals surface area contributed by atoms with E-state index in [1.165, 1.54) is 0 Å². The highest BCUT2D eigenvalue weighted by Gasteiger charge is 2.24. The van der Waals surface area contributed by atoms with E-state index in [0.29, 0.717) is 17.1 Å². The minimum Gasteiger partial charge on any atom is -0.311 e. The number of rotatable bonds is 3. The topological polar surface area (TPSA) is 15.3 Å². The average Bonchev–Trinajstić information content (AvgIpc) is 2.33. The second kappa shape index (κ2) is 6.25.